The molecule has 0 unspecified atom stereocenters. The van der Waals surface area contributed by atoms with Crippen LogP contribution in [0.4, 0.5) is 0 Å². The van der Waals surface area contributed by atoms with Gasteiger partial charge < -0.3 is 4.74 Å². The second kappa shape index (κ2) is 8.64. The van der Waals surface area contributed by atoms with Gasteiger partial charge in [0, 0.05) is 11.1 Å². The monoisotopic (exact) mass is 439 g/mol. The van der Waals surface area contributed by atoms with Gasteiger partial charge in [-0.2, -0.15) is 14.9 Å². The van der Waals surface area contributed by atoms with E-state index >= 15 is 0 Å². The first kappa shape index (κ1) is 20.0. The molecule has 4 aromatic carbocycles. The van der Waals surface area contributed by atoms with Crippen LogP contribution in [0.5, 0.6) is 5.75 Å². The van der Waals surface area contributed by atoms with E-state index in [1.54, 1.807) is 4.68 Å². The van der Waals surface area contributed by atoms with E-state index in [9.17, 15) is 0 Å². The van der Waals surface area contributed by atoms with Crippen LogP contribution in [0.25, 0.3) is 32.9 Å². The second-order valence-electron chi connectivity index (χ2n) is 7.24. The molecular formula is C25H21N5OS. The average molecular weight is 440 g/mol. The van der Waals surface area contributed by atoms with Crippen LogP contribution in [0.15, 0.2) is 84.0 Å². The number of hydrogen-bond donors (Lipinski definition) is 2. The van der Waals surface area contributed by atoms with Gasteiger partial charge in [0.25, 0.3) is 0 Å². The topological polar surface area (TPSA) is 67.2 Å². The molecule has 0 spiro atoms. The number of rotatable bonds is 6. The third-order valence-corrected chi connectivity index (χ3v) is 5.53. The van der Waals surface area contributed by atoms with E-state index in [4.69, 9.17) is 17.0 Å². The summed E-state index contributed by atoms with van der Waals surface area (Å²) in [5.74, 6) is 1.45. The van der Waals surface area contributed by atoms with E-state index in [-0.39, 0.29) is 0 Å². The smallest absolute Gasteiger partial charge is 0.216 e. The Morgan fingerprint density at radius 2 is 1.66 bits per heavy atom. The second-order valence-corrected chi connectivity index (χ2v) is 7.62. The van der Waals surface area contributed by atoms with Crippen molar-refractivity contribution in [3.05, 3.63) is 89.2 Å². The minimum absolute atomic E-state index is 0.425. The first-order valence-electron chi connectivity index (χ1n) is 10.3. The van der Waals surface area contributed by atoms with E-state index in [0.29, 0.717) is 17.2 Å². The SMILES string of the molecule is CCOc1ccc(-c2n[nH]c(=S)n2N/N=C/c2c3ccccc3cc3ccccc23)cc1. The highest BCUT2D eigenvalue weighted by Gasteiger charge is 2.09. The summed E-state index contributed by atoms with van der Waals surface area (Å²) in [5.41, 5.74) is 4.97. The normalized spacial score (nSPS) is 11.4. The van der Waals surface area contributed by atoms with Gasteiger partial charge >= 0.3 is 0 Å². The number of aromatic nitrogens is 3. The Balaban J connectivity index is 1.51. The molecule has 0 radical (unpaired) electrons. The summed E-state index contributed by atoms with van der Waals surface area (Å²) in [7, 11) is 0. The number of nitrogens with one attached hydrogen (secondary N) is 2. The Bertz CT molecular complexity index is 1430. The fourth-order valence-electron chi connectivity index (χ4n) is 3.79. The van der Waals surface area contributed by atoms with Gasteiger partial charge in [-0.05, 0) is 71.0 Å². The van der Waals surface area contributed by atoms with Crippen molar-refractivity contribution < 1.29 is 4.74 Å². The first-order chi connectivity index (χ1) is 15.7. The summed E-state index contributed by atoms with van der Waals surface area (Å²) >= 11 is 5.41. The zero-order valence-electron chi connectivity index (χ0n) is 17.4. The molecule has 7 heteroatoms. The van der Waals surface area contributed by atoms with Crippen LogP contribution in [0, 0.1) is 4.77 Å². The van der Waals surface area contributed by atoms with Crippen LogP contribution >= 0.6 is 12.2 Å². The minimum Gasteiger partial charge on any atom is -0.494 e. The molecule has 6 nitrogen and oxygen atoms in total. The largest absolute Gasteiger partial charge is 0.494 e. The molecule has 1 aromatic heterocycles. The highest BCUT2D eigenvalue weighted by atomic mass is 32.1. The molecule has 0 aliphatic heterocycles. The zero-order chi connectivity index (χ0) is 21.9. The quantitative estimate of drug-likeness (QED) is 0.150. The minimum atomic E-state index is 0.425. The van der Waals surface area contributed by atoms with Gasteiger partial charge in [0.1, 0.15) is 5.75 Å². The fourth-order valence-corrected chi connectivity index (χ4v) is 3.96. The lowest BCUT2D eigenvalue weighted by Crippen LogP contribution is -2.10. The molecule has 158 valence electrons. The number of H-pyrrole nitrogens is 1. The van der Waals surface area contributed by atoms with Crippen LogP contribution in [0.2, 0.25) is 0 Å². The summed E-state index contributed by atoms with van der Waals surface area (Å²) < 4.78 is 7.59. The predicted molar refractivity (Wildman–Crippen MR) is 132 cm³/mol. The van der Waals surface area contributed by atoms with Crippen molar-refractivity contribution in [1.82, 2.24) is 14.9 Å². The fraction of sp³-hybridized carbons (Fsp3) is 0.0800. The predicted octanol–water partition coefficient (Wildman–Crippen LogP) is 5.89. The maximum absolute atomic E-state index is 5.52. The molecule has 5 rings (SSSR count). The van der Waals surface area contributed by atoms with Crippen LogP contribution in [0.3, 0.4) is 0 Å². The average Bonchev–Trinajstić information content (AvgIpc) is 3.19. The van der Waals surface area contributed by atoms with Crippen LogP contribution in [-0.2, 0) is 0 Å². The molecular weight excluding hydrogens is 418 g/mol. The summed E-state index contributed by atoms with van der Waals surface area (Å²) in [5, 5.41) is 16.3. The molecule has 0 saturated carbocycles. The first-order valence-corrected chi connectivity index (χ1v) is 10.8. The highest BCUT2D eigenvalue weighted by Crippen LogP contribution is 2.27. The highest BCUT2D eigenvalue weighted by molar-refractivity contribution is 7.71. The standard InChI is InChI=1S/C25H21N5OS/c1-2-31-20-13-11-17(12-14-20)24-27-28-25(32)30(24)29-26-16-23-21-9-5-3-7-18(21)15-19-8-4-6-10-22(19)23/h3-16,29H,2H2,1H3,(H,28,32)/b26-16+. The molecule has 2 N–H and O–H groups in total. The number of hydrazone groups is 1. The van der Waals surface area contributed by atoms with Gasteiger partial charge in [0.15, 0.2) is 5.82 Å². The summed E-state index contributed by atoms with van der Waals surface area (Å²) in [6.07, 6.45) is 1.83. The van der Waals surface area contributed by atoms with Gasteiger partial charge in [-0.3, -0.25) is 0 Å². The van der Waals surface area contributed by atoms with E-state index in [1.807, 2.05) is 61.7 Å². The van der Waals surface area contributed by atoms with Crippen molar-refractivity contribution in [2.24, 2.45) is 5.10 Å². The molecule has 0 bridgehead atoms. The number of benzene rings is 4. The van der Waals surface area contributed by atoms with Crippen LogP contribution in [0.1, 0.15) is 12.5 Å². The van der Waals surface area contributed by atoms with Gasteiger partial charge in [0.05, 0.1) is 12.8 Å². The van der Waals surface area contributed by atoms with E-state index in [1.165, 1.54) is 10.8 Å². The molecule has 0 fully saturated rings. The lowest BCUT2D eigenvalue weighted by Gasteiger charge is -2.09. The Morgan fingerprint density at radius 3 is 2.31 bits per heavy atom. The lowest BCUT2D eigenvalue weighted by atomic mass is 9.97. The van der Waals surface area contributed by atoms with Crippen molar-refractivity contribution in [2.75, 3.05) is 12.1 Å². The molecule has 0 aliphatic carbocycles. The van der Waals surface area contributed by atoms with Crippen molar-refractivity contribution in [2.45, 2.75) is 6.92 Å². The van der Waals surface area contributed by atoms with Crippen molar-refractivity contribution in [1.29, 1.82) is 0 Å². The van der Waals surface area contributed by atoms with E-state index < -0.39 is 0 Å². The molecule has 0 aliphatic rings. The number of fused-ring (bicyclic) bond motifs is 2. The van der Waals surface area contributed by atoms with Crippen LogP contribution < -0.4 is 10.3 Å². The summed E-state index contributed by atoms with van der Waals surface area (Å²) in [6, 6.07) is 26.5. The summed E-state index contributed by atoms with van der Waals surface area (Å²) in [6.45, 7) is 2.58. The summed E-state index contributed by atoms with van der Waals surface area (Å²) in [4.78, 5) is 0. The van der Waals surface area contributed by atoms with Crippen molar-refractivity contribution in [3.8, 4) is 17.1 Å². The Morgan fingerprint density at radius 1 is 1.00 bits per heavy atom. The lowest BCUT2D eigenvalue weighted by molar-refractivity contribution is 0.340. The third kappa shape index (κ3) is 3.74. The Labute approximate surface area is 190 Å². The maximum atomic E-state index is 5.52. The third-order valence-electron chi connectivity index (χ3n) is 5.26. The van der Waals surface area contributed by atoms with Crippen LogP contribution in [-0.4, -0.2) is 27.7 Å². The maximum Gasteiger partial charge on any atom is 0.216 e. The van der Waals surface area contributed by atoms with Gasteiger partial charge in [-0.1, -0.05) is 48.5 Å². The van der Waals surface area contributed by atoms with Gasteiger partial charge in [0.2, 0.25) is 4.77 Å². The van der Waals surface area contributed by atoms with Crippen molar-refractivity contribution >= 4 is 40.0 Å². The molecule has 0 atom stereocenters. The van der Waals surface area contributed by atoms with Gasteiger partial charge in [-0.25, -0.2) is 10.6 Å². The molecule has 0 saturated heterocycles. The number of hydrogen-bond acceptors (Lipinski definition) is 5. The Kier molecular flexibility index (Phi) is 5.39. The zero-order valence-corrected chi connectivity index (χ0v) is 18.3. The molecule has 1 heterocycles. The number of aromatic amines is 1. The van der Waals surface area contributed by atoms with Crippen molar-refractivity contribution in [3.63, 3.8) is 0 Å². The molecule has 5 aromatic rings. The van der Waals surface area contributed by atoms with E-state index in [2.05, 4.69) is 51.2 Å². The number of ether oxygens (including phenoxy) is 1. The van der Waals surface area contributed by atoms with E-state index in [0.717, 1.165) is 27.6 Å². The Hall–Kier alpha value is -3.97. The molecule has 32 heavy (non-hydrogen) atoms. The van der Waals surface area contributed by atoms with Gasteiger partial charge in [-0.15, -0.1) is 0 Å². The molecule has 0 amide bonds. The number of nitrogens with zero attached hydrogens (tertiary/aromatic N) is 3.